The standard InChI is InChI=1S/C15H15NO2/c1-12(13-6-3-2-4-7-13)16-15(17)10-9-14-8-5-11-18-14/h2-12H,1H3,(H,16,17)/b10-9+/t12-/m0/s1. The van der Waals surface area contributed by atoms with Gasteiger partial charge >= 0.3 is 0 Å². The summed E-state index contributed by atoms with van der Waals surface area (Å²) in [4.78, 5) is 11.7. The molecule has 0 saturated carbocycles. The quantitative estimate of drug-likeness (QED) is 0.835. The van der Waals surface area contributed by atoms with Gasteiger partial charge in [-0.1, -0.05) is 30.3 Å². The molecule has 3 nitrogen and oxygen atoms in total. The van der Waals surface area contributed by atoms with Gasteiger partial charge in [0.25, 0.3) is 0 Å². The Balaban J connectivity index is 1.92. The average molecular weight is 241 g/mol. The first-order chi connectivity index (χ1) is 8.75. The first-order valence-corrected chi connectivity index (χ1v) is 5.83. The second-order valence-corrected chi connectivity index (χ2v) is 3.99. The Hall–Kier alpha value is -2.29. The van der Waals surface area contributed by atoms with Gasteiger partial charge in [-0.25, -0.2) is 0 Å². The Morgan fingerprint density at radius 3 is 2.67 bits per heavy atom. The molecule has 0 unspecified atom stereocenters. The zero-order valence-corrected chi connectivity index (χ0v) is 10.2. The molecule has 0 bridgehead atoms. The molecule has 2 aromatic rings. The molecule has 1 N–H and O–H groups in total. The highest BCUT2D eigenvalue weighted by Crippen LogP contribution is 2.11. The monoisotopic (exact) mass is 241 g/mol. The molecule has 0 aliphatic rings. The van der Waals surface area contributed by atoms with Crippen LogP contribution in [-0.4, -0.2) is 5.91 Å². The van der Waals surface area contributed by atoms with Crippen LogP contribution in [0.4, 0.5) is 0 Å². The highest BCUT2D eigenvalue weighted by atomic mass is 16.3. The fourth-order valence-electron chi connectivity index (χ4n) is 1.63. The minimum Gasteiger partial charge on any atom is -0.465 e. The number of hydrogen-bond acceptors (Lipinski definition) is 2. The van der Waals surface area contributed by atoms with E-state index in [9.17, 15) is 4.79 Å². The van der Waals surface area contributed by atoms with Crippen molar-refractivity contribution in [3.8, 4) is 0 Å². The number of carbonyl (C=O) groups is 1. The average Bonchev–Trinajstić information content (AvgIpc) is 2.90. The van der Waals surface area contributed by atoms with Gasteiger partial charge < -0.3 is 9.73 Å². The van der Waals surface area contributed by atoms with E-state index in [1.165, 1.54) is 6.08 Å². The Labute approximate surface area is 106 Å². The highest BCUT2D eigenvalue weighted by molar-refractivity contribution is 5.91. The Morgan fingerprint density at radius 2 is 2.00 bits per heavy atom. The molecule has 1 atom stereocenters. The molecule has 1 amide bonds. The van der Waals surface area contributed by atoms with Crippen LogP contribution < -0.4 is 5.32 Å². The van der Waals surface area contributed by atoms with Gasteiger partial charge in [0.2, 0.25) is 5.91 Å². The van der Waals surface area contributed by atoms with Crippen LogP contribution in [0.3, 0.4) is 0 Å². The lowest BCUT2D eigenvalue weighted by Gasteiger charge is -2.12. The molecule has 1 aromatic carbocycles. The van der Waals surface area contributed by atoms with E-state index in [-0.39, 0.29) is 11.9 Å². The summed E-state index contributed by atoms with van der Waals surface area (Å²) in [6.07, 6.45) is 4.69. The van der Waals surface area contributed by atoms with Crippen LogP contribution in [0, 0.1) is 0 Å². The van der Waals surface area contributed by atoms with Crippen molar-refractivity contribution in [3.05, 3.63) is 66.1 Å². The number of amides is 1. The van der Waals surface area contributed by atoms with Gasteiger partial charge in [0, 0.05) is 6.08 Å². The van der Waals surface area contributed by atoms with Crippen molar-refractivity contribution in [3.63, 3.8) is 0 Å². The number of carbonyl (C=O) groups excluding carboxylic acids is 1. The van der Waals surface area contributed by atoms with Crippen molar-refractivity contribution in [1.82, 2.24) is 5.32 Å². The predicted molar refractivity (Wildman–Crippen MR) is 70.7 cm³/mol. The van der Waals surface area contributed by atoms with Crippen molar-refractivity contribution in [2.45, 2.75) is 13.0 Å². The van der Waals surface area contributed by atoms with Crippen molar-refractivity contribution >= 4 is 12.0 Å². The maximum Gasteiger partial charge on any atom is 0.244 e. The number of rotatable bonds is 4. The Morgan fingerprint density at radius 1 is 1.22 bits per heavy atom. The summed E-state index contributed by atoms with van der Waals surface area (Å²) in [7, 11) is 0. The summed E-state index contributed by atoms with van der Waals surface area (Å²) in [6.45, 7) is 1.95. The number of benzene rings is 1. The molecule has 1 aromatic heterocycles. The summed E-state index contributed by atoms with van der Waals surface area (Å²) in [5, 5.41) is 2.89. The second kappa shape index (κ2) is 5.87. The molecule has 0 aliphatic heterocycles. The zero-order valence-electron chi connectivity index (χ0n) is 10.2. The number of hydrogen-bond donors (Lipinski definition) is 1. The van der Waals surface area contributed by atoms with E-state index in [1.807, 2.05) is 37.3 Å². The van der Waals surface area contributed by atoms with Crippen molar-refractivity contribution in [1.29, 1.82) is 0 Å². The highest BCUT2D eigenvalue weighted by Gasteiger charge is 2.06. The molecule has 0 radical (unpaired) electrons. The van der Waals surface area contributed by atoms with E-state index in [0.717, 1.165) is 5.56 Å². The third-order valence-electron chi connectivity index (χ3n) is 2.60. The van der Waals surface area contributed by atoms with Crippen LogP contribution in [-0.2, 0) is 4.79 Å². The summed E-state index contributed by atoms with van der Waals surface area (Å²) in [6, 6.07) is 13.4. The van der Waals surface area contributed by atoms with Gasteiger partial charge in [0.1, 0.15) is 5.76 Å². The maximum atomic E-state index is 11.7. The largest absolute Gasteiger partial charge is 0.465 e. The van der Waals surface area contributed by atoms with E-state index >= 15 is 0 Å². The van der Waals surface area contributed by atoms with Gasteiger partial charge in [-0.2, -0.15) is 0 Å². The molecule has 0 aliphatic carbocycles. The van der Waals surface area contributed by atoms with E-state index < -0.39 is 0 Å². The molecule has 0 spiro atoms. The summed E-state index contributed by atoms with van der Waals surface area (Å²) in [5.74, 6) is 0.528. The third kappa shape index (κ3) is 3.35. The van der Waals surface area contributed by atoms with Crippen LogP contribution in [0.5, 0.6) is 0 Å². The van der Waals surface area contributed by atoms with Crippen molar-refractivity contribution in [2.75, 3.05) is 0 Å². The lowest BCUT2D eigenvalue weighted by Crippen LogP contribution is -2.24. The van der Waals surface area contributed by atoms with Crippen LogP contribution in [0.1, 0.15) is 24.3 Å². The van der Waals surface area contributed by atoms with Crippen molar-refractivity contribution < 1.29 is 9.21 Å². The van der Waals surface area contributed by atoms with Gasteiger partial charge in [0.05, 0.1) is 12.3 Å². The van der Waals surface area contributed by atoms with Gasteiger partial charge in [0.15, 0.2) is 0 Å². The second-order valence-electron chi connectivity index (χ2n) is 3.99. The normalized spacial score (nSPS) is 12.5. The van der Waals surface area contributed by atoms with E-state index in [4.69, 9.17) is 4.42 Å². The van der Waals surface area contributed by atoms with E-state index in [1.54, 1.807) is 24.5 Å². The van der Waals surface area contributed by atoms with Crippen LogP contribution in [0.2, 0.25) is 0 Å². The van der Waals surface area contributed by atoms with Crippen LogP contribution in [0.25, 0.3) is 6.08 Å². The topological polar surface area (TPSA) is 42.2 Å². The van der Waals surface area contributed by atoms with Crippen LogP contribution in [0.15, 0.2) is 59.2 Å². The maximum absolute atomic E-state index is 11.7. The Kier molecular flexibility index (Phi) is 3.97. The first-order valence-electron chi connectivity index (χ1n) is 5.83. The smallest absolute Gasteiger partial charge is 0.244 e. The minimum absolute atomic E-state index is 0.0139. The fraction of sp³-hybridized carbons (Fsp3) is 0.133. The minimum atomic E-state index is -0.136. The summed E-state index contributed by atoms with van der Waals surface area (Å²) in [5.41, 5.74) is 1.08. The number of furan rings is 1. The fourth-order valence-corrected chi connectivity index (χ4v) is 1.63. The van der Waals surface area contributed by atoms with Gasteiger partial charge in [-0.15, -0.1) is 0 Å². The lowest BCUT2D eigenvalue weighted by molar-refractivity contribution is -0.117. The molecule has 0 saturated heterocycles. The summed E-state index contributed by atoms with van der Waals surface area (Å²) >= 11 is 0. The first kappa shape index (κ1) is 12.2. The Bertz CT molecular complexity index is 515. The molecule has 3 heteroatoms. The molecule has 0 fully saturated rings. The predicted octanol–water partition coefficient (Wildman–Crippen LogP) is 3.17. The third-order valence-corrected chi connectivity index (χ3v) is 2.60. The molecular formula is C15H15NO2. The molecule has 1 heterocycles. The molecular weight excluding hydrogens is 226 g/mol. The van der Waals surface area contributed by atoms with Gasteiger partial charge in [-0.3, -0.25) is 4.79 Å². The molecule has 92 valence electrons. The molecule has 18 heavy (non-hydrogen) atoms. The summed E-state index contributed by atoms with van der Waals surface area (Å²) < 4.78 is 5.11. The van der Waals surface area contributed by atoms with Gasteiger partial charge in [-0.05, 0) is 30.7 Å². The number of nitrogens with one attached hydrogen (secondary N) is 1. The van der Waals surface area contributed by atoms with Crippen LogP contribution >= 0.6 is 0 Å². The molecule has 2 rings (SSSR count). The van der Waals surface area contributed by atoms with Crippen molar-refractivity contribution in [2.24, 2.45) is 0 Å². The SMILES string of the molecule is C[C@H](NC(=O)/C=C/c1ccco1)c1ccccc1. The lowest BCUT2D eigenvalue weighted by atomic mass is 10.1. The van der Waals surface area contributed by atoms with E-state index in [0.29, 0.717) is 5.76 Å². The van der Waals surface area contributed by atoms with E-state index in [2.05, 4.69) is 5.32 Å². The zero-order chi connectivity index (χ0) is 12.8.